The maximum Gasteiger partial charge on any atom is 0.141 e. The van der Waals surface area contributed by atoms with Crippen LogP contribution in [0.15, 0.2) is 0 Å². The Kier molecular flexibility index (Phi) is 1.99. The smallest absolute Gasteiger partial charge is 0.141 e. The molecule has 1 heterocycles. The van der Waals surface area contributed by atoms with Gasteiger partial charge in [-0.3, -0.25) is 9.69 Å². The van der Waals surface area contributed by atoms with Gasteiger partial charge in [-0.15, -0.1) is 0 Å². The largest absolute Gasteiger partial charge is 0.299 e. The minimum Gasteiger partial charge on any atom is -0.299 e. The molecule has 2 heteroatoms. The summed E-state index contributed by atoms with van der Waals surface area (Å²) in [5.41, 5.74) is 0.238. The van der Waals surface area contributed by atoms with Crippen molar-refractivity contribution < 1.29 is 4.79 Å². The molecule has 0 aromatic carbocycles. The van der Waals surface area contributed by atoms with Crippen LogP contribution in [0.1, 0.15) is 33.6 Å². The fraction of sp³-hybridized carbons (Fsp3) is 0.909. The summed E-state index contributed by atoms with van der Waals surface area (Å²) in [7, 11) is 0. The minimum absolute atomic E-state index is 0.238. The van der Waals surface area contributed by atoms with Crippen molar-refractivity contribution in [1.82, 2.24) is 4.90 Å². The molecule has 0 N–H and O–H groups in total. The molecule has 13 heavy (non-hydrogen) atoms. The number of carbonyl (C=O) groups excluding carboxylic acids is 1. The van der Waals surface area contributed by atoms with Crippen LogP contribution in [0.2, 0.25) is 0 Å². The first-order valence-corrected chi connectivity index (χ1v) is 5.27. The fourth-order valence-electron chi connectivity index (χ4n) is 2.54. The number of fused-ring (bicyclic) bond motifs is 2. The normalized spacial score (nSPS) is 35.5. The summed E-state index contributed by atoms with van der Waals surface area (Å²) >= 11 is 0. The van der Waals surface area contributed by atoms with Gasteiger partial charge in [0.25, 0.3) is 0 Å². The summed E-state index contributed by atoms with van der Waals surface area (Å²) in [6.07, 6.45) is 2.27. The third-order valence-electron chi connectivity index (χ3n) is 3.50. The predicted molar refractivity (Wildman–Crippen MR) is 52.5 cm³/mol. The number of hydrogen-bond acceptors (Lipinski definition) is 2. The Balaban J connectivity index is 2.11. The van der Waals surface area contributed by atoms with Crippen LogP contribution >= 0.6 is 0 Å². The number of nitrogens with zero attached hydrogens (tertiary/aromatic N) is 1. The number of ketones is 1. The van der Waals surface area contributed by atoms with Gasteiger partial charge in [0.05, 0.1) is 0 Å². The van der Waals surface area contributed by atoms with E-state index in [1.165, 1.54) is 0 Å². The minimum atomic E-state index is 0.238. The third-order valence-corrected chi connectivity index (χ3v) is 3.50. The van der Waals surface area contributed by atoms with Gasteiger partial charge in [-0.2, -0.15) is 0 Å². The molecule has 0 aromatic rings. The molecule has 2 aliphatic rings. The van der Waals surface area contributed by atoms with Gasteiger partial charge in [-0.25, -0.2) is 0 Å². The Morgan fingerprint density at radius 3 is 2.00 bits per heavy atom. The molecular formula is C11H19NO. The zero-order chi connectivity index (χ0) is 9.64. The van der Waals surface area contributed by atoms with Crippen molar-refractivity contribution in [2.24, 2.45) is 11.8 Å². The molecule has 2 nitrogen and oxygen atoms in total. The van der Waals surface area contributed by atoms with Crippen LogP contribution < -0.4 is 0 Å². The lowest BCUT2D eigenvalue weighted by Crippen LogP contribution is -2.51. The summed E-state index contributed by atoms with van der Waals surface area (Å²) in [5.74, 6) is 1.26. The van der Waals surface area contributed by atoms with Crippen LogP contribution in [0.3, 0.4) is 0 Å². The Morgan fingerprint density at radius 2 is 1.62 bits per heavy atom. The lowest BCUT2D eigenvalue weighted by atomic mass is 9.92. The second-order valence-electron chi connectivity index (χ2n) is 5.45. The van der Waals surface area contributed by atoms with Crippen molar-refractivity contribution in [1.29, 1.82) is 0 Å². The van der Waals surface area contributed by atoms with Crippen LogP contribution in [0.5, 0.6) is 0 Å². The highest BCUT2D eigenvalue weighted by Crippen LogP contribution is 2.35. The van der Waals surface area contributed by atoms with Gasteiger partial charge in [-0.05, 0) is 33.6 Å². The molecule has 1 aliphatic heterocycles. The van der Waals surface area contributed by atoms with Crippen LogP contribution in [0, 0.1) is 11.8 Å². The molecule has 0 spiro atoms. The Labute approximate surface area is 80.3 Å². The van der Waals surface area contributed by atoms with Crippen molar-refractivity contribution in [2.75, 3.05) is 13.1 Å². The highest BCUT2D eigenvalue weighted by molar-refractivity contribution is 5.86. The molecule has 1 aliphatic carbocycles. The average molecular weight is 181 g/mol. The van der Waals surface area contributed by atoms with Gasteiger partial charge in [-0.1, -0.05) is 0 Å². The molecule has 0 radical (unpaired) electrons. The van der Waals surface area contributed by atoms with Crippen molar-refractivity contribution in [3.05, 3.63) is 0 Å². The molecule has 1 saturated carbocycles. The lowest BCUT2D eigenvalue weighted by molar-refractivity contribution is -0.129. The average Bonchev–Trinajstić information content (AvgIpc) is 2.29. The standard InChI is InChI=1S/C11H19NO/c1-11(2,3)12-6-8-4-5-9(7-12)10(8)13/h8-9H,4-7H2,1-3H3/t8-,9-/m1/s1. The molecule has 2 rings (SSSR count). The maximum atomic E-state index is 11.6. The van der Waals surface area contributed by atoms with Gasteiger partial charge < -0.3 is 0 Å². The number of piperidine rings is 1. The van der Waals surface area contributed by atoms with E-state index >= 15 is 0 Å². The summed E-state index contributed by atoms with van der Waals surface area (Å²) in [4.78, 5) is 14.1. The van der Waals surface area contributed by atoms with Crippen molar-refractivity contribution in [3.8, 4) is 0 Å². The maximum absolute atomic E-state index is 11.6. The summed E-state index contributed by atoms with van der Waals surface area (Å²) in [6.45, 7) is 8.71. The second-order valence-corrected chi connectivity index (χ2v) is 5.45. The fourth-order valence-corrected chi connectivity index (χ4v) is 2.54. The first kappa shape index (κ1) is 9.20. The van der Waals surface area contributed by atoms with E-state index < -0.39 is 0 Å². The topological polar surface area (TPSA) is 20.3 Å². The monoisotopic (exact) mass is 181 g/mol. The molecular weight excluding hydrogens is 162 g/mol. The molecule has 0 aromatic heterocycles. The highest BCUT2D eigenvalue weighted by Gasteiger charge is 2.43. The first-order chi connectivity index (χ1) is 5.98. The molecule has 0 amide bonds. The van der Waals surface area contributed by atoms with E-state index in [9.17, 15) is 4.79 Å². The van der Waals surface area contributed by atoms with Crippen molar-refractivity contribution >= 4 is 5.78 Å². The number of likely N-dealkylation sites (tertiary alicyclic amines) is 1. The van der Waals surface area contributed by atoms with Gasteiger partial charge in [0, 0.05) is 30.5 Å². The van der Waals surface area contributed by atoms with Gasteiger partial charge in [0.15, 0.2) is 0 Å². The van der Waals surface area contributed by atoms with E-state index in [1.807, 2.05) is 0 Å². The molecule has 0 unspecified atom stereocenters. The quantitative estimate of drug-likeness (QED) is 0.567. The number of Topliss-reactive ketones (excluding diaryl/α,β-unsaturated/α-hetero) is 1. The van der Waals surface area contributed by atoms with Crippen LogP contribution in [0.4, 0.5) is 0 Å². The number of hydrogen-bond donors (Lipinski definition) is 0. The number of carbonyl (C=O) groups is 1. The van der Waals surface area contributed by atoms with E-state index in [0.717, 1.165) is 25.9 Å². The van der Waals surface area contributed by atoms with E-state index in [4.69, 9.17) is 0 Å². The van der Waals surface area contributed by atoms with E-state index in [0.29, 0.717) is 17.6 Å². The highest BCUT2D eigenvalue weighted by atomic mass is 16.1. The second kappa shape index (κ2) is 2.81. The summed E-state index contributed by atoms with van der Waals surface area (Å²) in [5, 5.41) is 0. The first-order valence-electron chi connectivity index (χ1n) is 5.27. The number of rotatable bonds is 0. The van der Waals surface area contributed by atoms with Crippen LogP contribution in [0.25, 0.3) is 0 Å². The van der Waals surface area contributed by atoms with Crippen LogP contribution in [-0.2, 0) is 4.79 Å². The zero-order valence-electron chi connectivity index (χ0n) is 8.84. The Bertz CT molecular complexity index is 213. The van der Waals surface area contributed by atoms with Crippen LogP contribution in [-0.4, -0.2) is 29.3 Å². The van der Waals surface area contributed by atoms with Crippen molar-refractivity contribution in [2.45, 2.75) is 39.2 Å². The molecule has 2 atom stereocenters. The van der Waals surface area contributed by atoms with E-state index in [-0.39, 0.29) is 5.54 Å². The molecule has 1 saturated heterocycles. The molecule has 2 fully saturated rings. The van der Waals surface area contributed by atoms with Gasteiger partial charge >= 0.3 is 0 Å². The van der Waals surface area contributed by atoms with E-state index in [1.54, 1.807) is 0 Å². The summed E-state index contributed by atoms with van der Waals surface area (Å²) in [6, 6.07) is 0. The van der Waals surface area contributed by atoms with Crippen molar-refractivity contribution in [3.63, 3.8) is 0 Å². The van der Waals surface area contributed by atoms with E-state index in [2.05, 4.69) is 25.7 Å². The SMILES string of the molecule is CC(C)(C)N1C[C@H]2CC[C@H](C1)C2=O. The summed E-state index contributed by atoms with van der Waals surface area (Å²) < 4.78 is 0. The predicted octanol–water partition coefficient (Wildman–Crippen LogP) is 1.70. The zero-order valence-corrected chi connectivity index (χ0v) is 8.84. The lowest BCUT2D eigenvalue weighted by Gasteiger charge is -2.40. The molecule has 2 bridgehead atoms. The van der Waals surface area contributed by atoms with Gasteiger partial charge in [0.1, 0.15) is 5.78 Å². The Hall–Kier alpha value is -0.370. The third kappa shape index (κ3) is 1.52. The Morgan fingerprint density at radius 1 is 1.15 bits per heavy atom. The molecule has 74 valence electrons. The van der Waals surface area contributed by atoms with Gasteiger partial charge in [0.2, 0.25) is 0 Å².